The molecule has 0 saturated carbocycles. The van der Waals surface area contributed by atoms with E-state index in [9.17, 15) is 9.59 Å². The van der Waals surface area contributed by atoms with Crippen LogP contribution < -0.4 is 16.0 Å². The van der Waals surface area contributed by atoms with E-state index in [0.717, 1.165) is 41.6 Å². The van der Waals surface area contributed by atoms with Crippen LogP contribution in [0.25, 0.3) is 15.9 Å². The van der Waals surface area contributed by atoms with Gasteiger partial charge in [-0.05, 0) is 80.1 Å². The monoisotopic (exact) mass is 466 g/mol. The fourth-order valence-corrected chi connectivity index (χ4v) is 5.86. The molecular weight excluding hydrogens is 444 g/mol. The molecule has 7 heteroatoms. The van der Waals surface area contributed by atoms with Gasteiger partial charge in [-0.25, -0.2) is 9.36 Å². The predicted octanol–water partition coefficient (Wildman–Crippen LogP) is 5.19. The number of fused-ring (bicyclic) bond motifs is 3. The molecule has 0 amide bonds. The molecule has 0 aliphatic heterocycles. The Labute approximate surface area is 194 Å². The zero-order valence-electron chi connectivity index (χ0n) is 17.8. The van der Waals surface area contributed by atoms with Crippen molar-refractivity contribution in [3.05, 3.63) is 90.4 Å². The number of nitrogens with zero attached hydrogens (tertiary/aromatic N) is 2. The highest BCUT2D eigenvalue weighted by molar-refractivity contribution is 7.18. The minimum Gasteiger partial charge on any atom is -0.494 e. The second-order valence-electron chi connectivity index (χ2n) is 7.95. The minimum absolute atomic E-state index is 0.235. The average Bonchev–Trinajstić information content (AvgIpc) is 3.19. The van der Waals surface area contributed by atoms with Gasteiger partial charge in [0.05, 0.1) is 24.2 Å². The molecule has 5 rings (SSSR count). The molecule has 32 heavy (non-hydrogen) atoms. The topological polar surface area (TPSA) is 53.2 Å². The molecule has 0 spiro atoms. The largest absolute Gasteiger partial charge is 0.494 e. The number of halogens is 1. The van der Waals surface area contributed by atoms with Gasteiger partial charge in [0.15, 0.2) is 0 Å². The van der Waals surface area contributed by atoms with Crippen molar-refractivity contribution in [3.63, 3.8) is 0 Å². The molecule has 1 aliphatic carbocycles. The lowest BCUT2D eigenvalue weighted by atomic mass is 9.97. The summed E-state index contributed by atoms with van der Waals surface area (Å²) in [4.78, 5) is 29.3. The van der Waals surface area contributed by atoms with Gasteiger partial charge in [0, 0.05) is 9.90 Å². The summed E-state index contributed by atoms with van der Waals surface area (Å²) >= 11 is 7.64. The number of ether oxygens (including phenoxy) is 1. The van der Waals surface area contributed by atoms with E-state index in [1.165, 1.54) is 9.44 Å². The fraction of sp³-hybridized carbons (Fsp3) is 0.280. The molecule has 2 heterocycles. The third-order valence-corrected chi connectivity index (χ3v) is 7.46. The first-order valence-corrected chi connectivity index (χ1v) is 12.0. The lowest BCUT2D eigenvalue weighted by molar-refractivity contribution is 0.340. The molecule has 0 radical (unpaired) electrons. The van der Waals surface area contributed by atoms with Gasteiger partial charge in [0.25, 0.3) is 5.56 Å². The Morgan fingerprint density at radius 3 is 2.44 bits per heavy atom. The summed E-state index contributed by atoms with van der Waals surface area (Å²) in [5.74, 6) is 0.708. The highest BCUT2D eigenvalue weighted by Crippen LogP contribution is 2.34. The van der Waals surface area contributed by atoms with Gasteiger partial charge in [-0.15, -0.1) is 11.3 Å². The molecular formula is C25H23ClN2O3S. The zero-order valence-corrected chi connectivity index (χ0v) is 19.3. The number of aromatic nitrogens is 2. The van der Waals surface area contributed by atoms with Gasteiger partial charge in [-0.3, -0.25) is 9.36 Å². The maximum atomic E-state index is 13.7. The quantitative estimate of drug-likeness (QED) is 0.406. The van der Waals surface area contributed by atoms with Crippen molar-refractivity contribution < 1.29 is 4.74 Å². The van der Waals surface area contributed by atoms with E-state index < -0.39 is 0 Å². The Kier molecular flexibility index (Phi) is 5.66. The Morgan fingerprint density at radius 1 is 1.00 bits per heavy atom. The smallest absolute Gasteiger partial charge is 0.337 e. The van der Waals surface area contributed by atoms with Gasteiger partial charge >= 0.3 is 5.69 Å². The van der Waals surface area contributed by atoms with Crippen LogP contribution in [-0.4, -0.2) is 15.7 Å². The summed E-state index contributed by atoms with van der Waals surface area (Å²) < 4.78 is 8.56. The molecule has 2 aromatic heterocycles. The maximum Gasteiger partial charge on any atom is 0.337 e. The van der Waals surface area contributed by atoms with E-state index in [1.54, 1.807) is 40.2 Å². The van der Waals surface area contributed by atoms with Gasteiger partial charge in [-0.2, -0.15) is 0 Å². The summed E-state index contributed by atoms with van der Waals surface area (Å²) in [5, 5.41) is 1.34. The normalized spacial score (nSPS) is 13.3. The van der Waals surface area contributed by atoms with Gasteiger partial charge in [0.1, 0.15) is 10.6 Å². The summed E-state index contributed by atoms with van der Waals surface area (Å²) in [6.07, 6.45) is 4.03. The van der Waals surface area contributed by atoms with Crippen LogP contribution >= 0.6 is 22.9 Å². The highest BCUT2D eigenvalue weighted by Gasteiger charge is 2.24. The number of aryl methyl sites for hydroxylation is 2. The van der Waals surface area contributed by atoms with Crippen LogP contribution in [0.5, 0.6) is 5.75 Å². The van der Waals surface area contributed by atoms with Crippen molar-refractivity contribution >= 4 is 33.2 Å². The van der Waals surface area contributed by atoms with E-state index >= 15 is 0 Å². The predicted molar refractivity (Wildman–Crippen MR) is 130 cm³/mol. The van der Waals surface area contributed by atoms with Gasteiger partial charge in [0.2, 0.25) is 0 Å². The Hall–Kier alpha value is -2.83. The molecule has 0 saturated heterocycles. The number of hydrogen-bond acceptors (Lipinski definition) is 4. The molecule has 164 valence electrons. The molecule has 0 atom stereocenters. The Morgan fingerprint density at radius 2 is 1.72 bits per heavy atom. The van der Waals surface area contributed by atoms with Crippen LogP contribution in [0.15, 0.2) is 58.1 Å². The van der Waals surface area contributed by atoms with Crippen LogP contribution in [0.3, 0.4) is 0 Å². The van der Waals surface area contributed by atoms with Crippen LogP contribution in [0.2, 0.25) is 5.02 Å². The molecule has 0 unspecified atom stereocenters. The lowest BCUT2D eigenvalue weighted by Crippen LogP contribution is -2.39. The first-order chi connectivity index (χ1) is 15.6. The molecule has 0 bridgehead atoms. The fourth-order valence-electron chi connectivity index (χ4n) is 4.37. The molecule has 5 nitrogen and oxygen atoms in total. The molecule has 4 aromatic rings. The van der Waals surface area contributed by atoms with E-state index in [0.29, 0.717) is 35.0 Å². The maximum absolute atomic E-state index is 13.7. The summed E-state index contributed by atoms with van der Waals surface area (Å²) in [6.45, 7) is 2.85. The van der Waals surface area contributed by atoms with E-state index in [1.807, 2.05) is 31.2 Å². The minimum atomic E-state index is -0.333. The third-order valence-electron chi connectivity index (χ3n) is 5.90. The number of benzene rings is 2. The molecule has 0 N–H and O–H groups in total. The number of hydrogen-bond donors (Lipinski definition) is 0. The first kappa shape index (κ1) is 21.0. The standard InChI is InChI=1S/C25H23ClN2O3S/c1-2-31-19-13-11-18(12-14-19)28-23(29)22-20-5-3-4-6-21(20)32-24(22)27(25(28)30)15-16-7-9-17(26)10-8-16/h7-14H,2-6,15H2,1H3. The highest BCUT2D eigenvalue weighted by atomic mass is 35.5. The zero-order chi connectivity index (χ0) is 22.2. The molecule has 1 aliphatic rings. The number of thiophene rings is 1. The first-order valence-electron chi connectivity index (χ1n) is 10.8. The van der Waals surface area contributed by atoms with Crippen molar-refractivity contribution in [1.82, 2.24) is 9.13 Å². The van der Waals surface area contributed by atoms with E-state index in [4.69, 9.17) is 16.3 Å². The van der Waals surface area contributed by atoms with Crippen molar-refractivity contribution in [2.75, 3.05) is 6.61 Å². The van der Waals surface area contributed by atoms with Crippen molar-refractivity contribution in [1.29, 1.82) is 0 Å². The van der Waals surface area contributed by atoms with Crippen LogP contribution in [-0.2, 0) is 19.4 Å². The Bertz CT molecular complexity index is 1400. The Balaban J connectivity index is 1.75. The lowest BCUT2D eigenvalue weighted by Gasteiger charge is -2.14. The van der Waals surface area contributed by atoms with E-state index in [2.05, 4.69) is 0 Å². The summed E-state index contributed by atoms with van der Waals surface area (Å²) in [6, 6.07) is 14.6. The summed E-state index contributed by atoms with van der Waals surface area (Å²) in [7, 11) is 0. The van der Waals surface area contributed by atoms with Gasteiger partial charge < -0.3 is 4.74 Å². The van der Waals surface area contributed by atoms with Crippen molar-refractivity contribution in [2.24, 2.45) is 0 Å². The second-order valence-corrected chi connectivity index (χ2v) is 9.47. The van der Waals surface area contributed by atoms with Crippen LogP contribution in [0.4, 0.5) is 0 Å². The van der Waals surface area contributed by atoms with Gasteiger partial charge in [-0.1, -0.05) is 23.7 Å². The van der Waals surface area contributed by atoms with Crippen LogP contribution in [0, 0.1) is 0 Å². The van der Waals surface area contributed by atoms with Crippen LogP contribution in [0.1, 0.15) is 35.8 Å². The molecule has 2 aromatic carbocycles. The third kappa shape index (κ3) is 3.67. The SMILES string of the molecule is CCOc1ccc(-n2c(=O)c3c4c(sc3n(Cc3ccc(Cl)cc3)c2=O)CCCC4)cc1. The van der Waals surface area contributed by atoms with E-state index in [-0.39, 0.29) is 11.2 Å². The summed E-state index contributed by atoms with van der Waals surface area (Å²) in [5.41, 5.74) is 2.05. The second kappa shape index (κ2) is 8.60. The van der Waals surface area contributed by atoms with Crippen molar-refractivity contribution in [2.45, 2.75) is 39.2 Å². The molecule has 0 fully saturated rings. The van der Waals surface area contributed by atoms with Crippen molar-refractivity contribution in [3.8, 4) is 11.4 Å². The average molecular weight is 467 g/mol. The number of rotatable bonds is 5.